The summed E-state index contributed by atoms with van der Waals surface area (Å²) < 4.78 is 5.53. The summed E-state index contributed by atoms with van der Waals surface area (Å²) in [6.07, 6.45) is -1.07. The van der Waals surface area contributed by atoms with Crippen molar-refractivity contribution in [1.29, 1.82) is 0 Å². The van der Waals surface area contributed by atoms with E-state index < -0.39 is 12.2 Å². The molecule has 2 N–H and O–H groups in total. The number of ether oxygens (including phenoxy) is 1. The number of aliphatic hydroxyl groups is 1. The van der Waals surface area contributed by atoms with Crippen molar-refractivity contribution in [1.82, 2.24) is 0 Å². The quantitative estimate of drug-likeness (QED) is 0.822. The van der Waals surface area contributed by atoms with Crippen LogP contribution in [0.5, 0.6) is 5.75 Å². The Balaban J connectivity index is 2.17. The number of anilines is 2. The first-order chi connectivity index (χ1) is 9.02. The predicted octanol–water partition coefficient (Wildman–Crippen LogP) is 1.44. The van der Waals surface area contributed by atoms with E-state index in [0.29, 0.717) is 18.0 Å². The third kappa shape index (κ3) is 2.93. The summed E-state index contributed by atoms with van der Waals surface area (Å²) in [7, 11) is 1.72. The van der Waals surface area contributed by atoms with Crippen molar-refractivity contribution in [2.24, 2.45) is 0 Å². The summed E-state index contributed by atoms with van der Waals surface area (Å²) in [4.78, 5) is 13.4. The fourth-order valence-corrected chi connectivity index (χ4v) is 2.02. The summed E-state index contributed by atoms with van der Waals surface area (Å²) >= 11 is 5.53. The molecule has 1 heterocycles. The van der Waals surface area contributed by atoms with E-state index in [1.165, 1.54) is 0 Å². The van der Waals surface area contributed by atoms with E-state index in [1.54, 1.807) is 18.9 Å². The Kier molecular flexibility index (Phi) is 4.17. The highest BCUT2D eigenvalue weighted by atomic mass is 35.5. The highest BCUT2D eigenvalue weighted by Gasteiger charge is 2.28. The molecule has 0 radical (unpaired) electrons. The van der Waals surface area contributed by atoms with Gasteiger partial charge < -0.3 is 20.1 Å². The van der Waals surface area contributed by atoms with E-state index in [-0.39, 0.29) is 11.8 Å². The number of hydrogen-bond acceptors (Lipinski definition) is 4. The van der Waals surface area contributed by atoms with Crippen LogP contribution in [0, 0.1) is 0 Å². The van der Waals surface area contributed by atoms with E-state index in [4.69, 9.17) is 16.3 Å². The highest BCUT2D eigenvalue weighted by molar-refractivity contribution is 6.18. The first-order valence-electron chi connectivity index (χ1n) is 6.09. The molecule has 0 aromatic heterocycles. The van der Waals surface area contributed by atoms with Gasteiger partial charge in [0.05, 0.1) is 17.7 Å². The van der Waals surface area contributed by atoms with Gasteiger partial charge in [0.15, 0.2) is 6.10 Å². The summed E-state index contributed by atoms with van der Waals surface area (Å²) in [6, 6.07) is 5.47. The lowest BCUT2D eigenvalue weighted by molar-refractivity contribution is -0.125. The lowest BCUT2D eigenvalue weighted by Gasteiger charge is -2.30. The van der Waals surface area contributed by atoms with Crippen LogP contribution < -0.4 is 15.0 Å². The van der Waals surface area contributed by atoms with Gasteiger partial charge in [0.25, 0.3) is 5.91 Å². The minimum atomic E-state index is -0.603. The molecule has 0 fully saturated rings. The van der Waals surface area contributed by atoms with Gasteiger partial charge in [0.1, 0.15) is 5.75 Å². The second-order valence-corrected chi connectivity index (χ2v) is 4.84. The molecule has 2 unspecified atom stereocenters. The molecule has 6 heteroatoms. The van der Waals surface area contributed by atoms with Crippen LogP contribution in [0.1, 0.15) is 6.92 Å². The molecule has 104 valence electrons. The zero-order valence-corrected chi connectivity index (χ0v) is 11.6. The van der Waals surface area contributed by atoms with Crippen LogP contribution in [0.15, 0.2) is 18.2 Å². The molecular formula is C13H17ClN2O3. The van der Waals surface area contributed by atoms with Crippen LogP contribution >= 0.6 is 11.6 Å². The summed E-state index contributed by atoms with van der Waals surface area (Å²) in [5, 5.41) is 12.5. The molecule has 1 amide bonds. The molecule has 1 aliphatic rings. The number of hydrogen-bond donors (Lipinski definition) is 2. The monoisotopic (exact) mass is 284 g/mol. The normalized spacial score (nSPS) is 19.7. The number of likely N-dealkylation sites (N-methyl/N-ethyl adjacent to an activating group) is 1. The van der Waals surface area contributed by atoms with Crippen LogP contribution in [0.25, 0.3) is 0 Å². The van der Waals surface area contributed by atoms with Crippen molar-refractivity contribution in [3.63, 3.8) is 0 Å². The van der Waals surface area contributed by atoms with Gasteiger partial charge in [0.2, 0.25) is 0 Å². The van der Waals surface area contributed by atoms with E-state index in [1.807, 2.05) is 18.2 Å². The maximum absolute atomic E-state index is 11.8. The second kappa shape index (κ2) is 5.67. The number of carbonyl (C=O) groups is 1. The number of amides is 1. The average Bonchev–Trinajstić information content (AvgIpc) is 2.42. The lowest BCUT2D eigenvalue weighted by atomic mass is 10.2. The average molecular weight is 285 g/mol. The summed E-state index contributed by atoms with van der Waals surface area (Å²) in [6.45, 7) is 2.09. The molecule has 0 bridgehead atoms. The fraction of sp³-hybridized carbons (Fsp3) is 0.462. The molecule has 0 spiro atoms. The largest absolute Gasteiger partial charge is 0.479 e. The molecule has 1 aliphatic heterocycles. The Morgan fingerprint density at radius 2 is 2.32 bits per heavy atom. The Hall–Kier alpha value is -1.46. The second-order valence-electron chi connectivity index (χ2n) is 4.53. The van der Waals surface area contributed by atoms with Crippen molar-refractivity contribution in [2.75, 3.05) is 29.7 Å². The van der Waals surface area contributed by atoms with E-state index in [9.17, 15) is 9.90 Å². The number of halogens is 1. The van der Waals surface area contributed by atoms with Gasteiger partial charge in [0, 0.05) is 19.3 Å². The van der Waals surface area contributed by atoms with E-state index in [2.05, 4.69) is 5.32 Å². The zero-order valence-electron chi connectivity index (χ0n) is 10.9. The number of rotatable bonds is 4. The smallest absolute Gasteiger partial charge is 0.267 e. The van der Waals surface area contributed by atoms with Crippen LogP contribution in [-0.2, 0) is 4.79 Å². The minimum Gasteiger partial charge on any atom is -0.479 e. The van der Waals surface area contributed by atoms with Crippen molar-refractivity contribution in [3.8, 4) is 5.75 Å². The van der Waals surface area contributed by atoms with Gasteiger partial charge in [-0.05, 0) is 25.1 Å². The molecule has 0 saturated heterocycles. The summed E-state index contributed by atoms with van der Waals surface area (Å²) in [5.41, 5.74) is 1.52. The zero-order chi connectivity index (χ0) is 14.0. The topological polar surface area (TPSA) is 61.8 Å². The number of benzene rings is 1. The maximum atomic E-state index is 11.8. The molecule has 1 aromatic rings. The Bertz CT molecular complexity index is 481. The van der Waals surface area contributed by atoms with E-state index >= 15 is 0 Å². The standard InChI is InChI=1S/C13H17ClN2O3/c1-8-13(18)16(2)11-5-9(3-4-12(11)19-8)15-7-10(17)6-14/h3-5,8,10,15,17H,6-7H2,1-2H3. The Morgan fingerprint density at radius 1 is 1.58 bits per heavy atom. The molecule has 19 heavy (non-hydrogen) atoms. The van der Waals surface area contributed by atoms with Gasteiger partial charge in [-0.1, -0.05) is 0 Å². The number of aliphatic hydroxyl groups excluding tert-OH is 1. The van der Waals surface area contributed by atoms with E-state index in [0.717, 1.165) is 5.69 Å². The number of nitrogens with one attached hydrogen (secondary N) is 1. The number of alkyl halides is 1. The maximum Gasteiger partial charge on any atom is 0.267 e. The SMILES string of the molecule is CC1Oc2ccc(NCC(O)CCl)cc2N(C)C1=O. The third-order valence-corrected chi connectivity index (χ3v) is 3.38. The Labute approximate surface area is 117 Å². The minimum absolute atomic E-state index is 0.0783. The van der Waals surface area contributed by atoms with Crippen molar-refractivity contribution in [3.05, 3.63) is 18.2 Å². The van der Waals surface area contributed by atoms with Gasteiger partial charge in [-0.15, -0.1) is 11.6 Å². The predicted molar refractivity (Wildman–Crippen MR) is 75.2 cm³/mol. The number of nitrogens with zero attached hydrogens (tertiary/aromatic N) is 1. The van der Waals surface area contributed by atoms with Crippen LogP contribution in [0.3, 0.4) is 0 Å². The fourth-order valence-electron chi connectivity index (χ4n) is 1.91. The van der Waals surface area contributed by atoms with Gasteiger partial charge >= 0.3 is 0 Å². The summed E-state index contributed by atoms with van der Waals surface area (Å²) in [5.74, 6) is 0.778. The van der Waals surface area contributed by atoms with Crippen LogP contribution in [0.2, 0.25) is 0 Å². The number of fused-ring (bicyclic) bond motifs is 1. The molecule has 2 atom stereocenters. The van der Waals surface area contributed by atoms with Gasteiger partial charge in [-0.3, -0.25) is 4.79 Å². The lowest BCUT2D eigenvalue weighted by Crippen LogP contribution is -2.41. The first-order valence-corrected chi connectivity index (χ1v) is 6.62. The molecule has 0 saturated carbocycles. The van der Waals surface area contributed by atoms with Crippen molar-refractivity contribution in [2.45, 2.75) is 19.1 Å². The highest BCUT2D eigenvalue weighted by Crippen LogP contribution is 2.35. The molecular weight excluding hydrogens is 268 g/mol. The van der Waals surface area contributed by atoms with Crippen LogP contribution in [-0.4, -0.2) is 42.7 Å². The van der Waals surface area contributed by atoms with Gasteiger partial charge in [-0.2, -0.15) is 0 Å². The molecule has 0 aliphatic carbocycles. The van der Waals surface area contributed by atoms with Crippen molar-refractivity contribution < 1.29 is 14.6 Å². The first kappa shape index (κ1) is 14.0. The number of carbonyl (C=O) groups excluding carboxylic acids is 1. The third-order valence-electron chi connectivity index (χ3n) is 3.02. The van der Waals surface area contributed by atoms with Crippen LogP contribution in [0.4, 0.5) is 11.4 Å². The van der Waals surface area contributed by atoms with Crippen molar-refractivity contribution >= 4 is 28.9 Å². The molecule has 1 aromatic carbocycles. The molecule has 5 nitrogen and oxygen atoms in total. The molecule has 2 rings (SSSR count). The van der Waals surface area contributed by atoms with Gasteiger partial charge in [-0.25, -0.2) is 0 Å². The Morgan fingerprint density at radius 3 is 3.00 bits per heavy atom.